The van der Waals surface area contributed by atoms with Gasteiger partial charge in [0.15, 0.2) is 4.77 Å². The van der Waals surface area contributed by atoms with E-state index in [0.717, 1.165) is 4.57 Å². The molecule has 0 fully saturated rings. The Kier molecular flexibility index (Phi) is 3.45. The van der Waals surface area contributed by atoms with Gasteiger partial charge in [-0.25, -0.2) is 4.57 Å². The summed E-state index contributed by atoms with van der Waals surface area (Å²) >= 11 is 11.0. The second-order valence-electron chi connectivity index (χ2n) is 4.43. The molecule has 1 aromatic heterocycles. The van der Waals surface area contributed by atoms with Crippen LogP contribution in [0, 0.1) is 4.77 Å². The van der Waals surface area contributed by atoms with Gasteiger partial charge in [0, 0.05) is 10.6 Å². The highest BCUT2D eigenvalue weighted by Gasteiger charge is 2.14. The van der Waals surface area contributed by atoms with Crippen LogP contribution in [0.25, 0.3) is 10.9 Å². The molecule has 6 heteroatoms. The summed E-state index contributed by atoms with van der Waals surface area (Å²) in [6.45, 7) is 0. The van der Waals surface area contributed by atoms with E-state index < -0.39 is 11.5 Å². The third-order valence-electron chi connectivity index (χ3n) is 3.08. The summed E-state index contributed by atoms with van der Waals surface area (Å²) in [6.07, 6.45) is 0. The van der Waals surface area contributed by atoms with Crippen LogP contribution < -0.4 is 5.56 Å². The Morgan fingerprint density at radius 2 is 1.90 bits per heavy atom. The number of benzene rings is 2. The maximum Gasteiger partial charge on any atom is 0.269 e. The monoisotopic (exact) mass is 316 g/mol. The van der Waals surface area contributed by atoms with Crippen LogP contribution in [0.4, 0.5) is 0 Å². The van der Waals surface area contributed by atoms with Crippen LogP contribution in [0.2, 0.25) is 5.02 Å². The number of aromatic amines is 1. The topological polar surface area (TPSA) is 54.9 Å². The lowest BCUT2D eigenvalue weighted by Crippen LogP contribution is -2.29. The quantitative estimate of drug-likeness (QED) is 0.700. The number of H-pyrrole nitrogens is 1. The smallest absolute Gasteiger partial charge is 0.269 e. The summed E-state index contributed by atoms with van der Waals surface area (Å²) in [5, 5.41) is 0.825. The van der Waals surface area contributed by atoms with Gasteiger partial charge in [0.1, 0.15) is 0 Å². The number of hydrogen-bond donors (Lipinski definition) is 1. The molecule has 0 radical (unpaired) electrons. The third kappa shape index (κ3) is 2.41. The number of halogens is 1. The highest BCUT2D eigenvalue weighted by molar-refractivity contribution is 7.71. The summed E-state index contributed by atoms with van der Waals surface area (Å²) < 4.78 is 1.01. The molecule has 1 N–H and O–H groups in total. The van der Waals surface area contributed by atoms with Gasteiger partial charge in [-0.2, -0.15) is 0 Å². The zero-order valence-electron chi connectivity index (χ0n) is 10.7. The van der Waals surface area contributed by atoms with Crippen molar-refractivity contribution in [1.29, 1.82) is 0 Å². The maximum absolute atomic E-state index is 12.5. The molecular formula is C15H9ClN2O2S. The lowest BCUT2D eigenvalue weighted by Gasteiger charge is -2.07. The van der Waals surface area contributed by atoms with Crippen molar-refractivity contribution in [2.45, 2.75) is 0 Å². The van der Waals surface area contributed by atoms with E-state index in [1.165, 1.54) is 6.07 Å². The molecule has 0 saturated carbocycles. The Balaban J connectivity index is 2.28. The molecule has 2 aromatic carbocycles. The second kappa shape index (κ2) is 5.27. The summed E-state index contributed by atoms with van der Waals surface area (Å²) in [4.78, 5) is 27.9. The predicted octanol–water partition coefficient (Wildman–Crippen LogP) is 3.40. The standard InChI is InChI=1S/C15H9ClN2O2S/c16-10-5-3-4-9(8-10)13(19)18-14(20)11-6-1-2-7-12(11)17-15(18)21/h1-8H,(H,17,21). The molecule has 0 bridgehead atoms. The van der Waals surface area contributed by atoms with Crippen LogP contribution in [0.5, 0.6) is 0 Å². The highest BCUT2D eigenvalue weighted by Crippen LogP contribution is 2.12. The largest absolute Gasteiger partial charge is 0.331 e. The van der Waals surface area contributed by atoms with Gasteiger partial charge in [-0.3, -0.25) is 9.59 Å². The lowest BCUT2D eigenvalue weighted by atomic mass is 10.2. The van der Waals surface area contributed by atoms with Crippen LogP contribution in [0.3, 0.4) is 0 Å². The van der Waals surface area contributed by atoms with Crippen LogP contribution in [-0.2, 0) is 0 Å². The summed E-state index contributed by atoms with van der Waals surface area (Å²) in [6, 6.07) is 13.3. The van der Waals surface area contributed by atoms with Crippen molar-refractivity contribution < 1.29 is 4.79 Å². The number of nitrogens with zero attached hydrogens (tertiary/aromatic N) is 1. The second-order valence-corrected chi connectivity index (χ2v) is 5.25. The fourth-order valence-electron chi connectivity index (χ4n) is 2.10. The Hall–Kier alpha value is -2.24. The third-order valence-corrected chi connectivity index (χ3v) is 3.60. The zero-order valence-corrected chi connectivity index (χ0v) is 12.2. The van der Waals surface area contributed by atoms with E-state index in [1.54, 1.807) is 42.5 Å². The number of rotatable bonds is 1. The van der Waals surface area contributed by atoms with Gasteiger partial charge < -0.3 is 4.98 Å². The van der Waals surface area contributed by atoms with Gasteiger partial charge >= 0.3 is 0 Å². The van der Waals surface area contributed by atoms with E-state index in [-0.39, 0.29) is 4.77 Å². The van der Waals surface area contributed by atoms with Gasteiger partial charge in [0.2, 0.25) is 0 Å². The summed E-state index contributed by atoms with van der Waals surface area (Å²) in [5.74, 6) is -0.505. The first-order valence-electron chi connectivity index (χ1n) is 6.12. The number of hydrogen-bond acceptors (Lipinski definition) is 3. The molecule has 0 amide bonds. The zero-order chi connectivity index (χ0) is 15.0. The number of fused-ring (bicyclic) bond motifs is 1. The van der Waals surface area contributed by atoms with E-state index >= 15 is 0 Å². The summed E-state index contributed by atoms with van der Waals surface area (Å²) in [7, 11) is 0. The molecule has 21 heavy (non-hydrogen) atoms. The number of aromatic nitrogens is 2. The molecule has 4 nitrogen and oxygen atoms in total. The molecule has 0 unspecified atom stereocenters. The van der Waals surface area contributed by atoms with Gasteiger partial charge in [-0.05, 0) is 42.5 Å². The van der Waals surface area contributed by atoms with Gasteiger partial charge in [-0.15, -0.1) is 0 Å². The number of carbonyl (C=O) groups is 1. The maximum atomic E-state index is 12.5. The SMILES string of the molecule is O=C(c1cccc(Cl)c1)n1c(=S)[nH]c2ccccc2c1=O. The predicted molar refractivity (Wildman–Crippen MR) is 84.6 cm³/mol. The Morgan fingerprint density at radius 1 is 1.14 bits per heavy atom. The molecule has 0 aliphatic heterocycles. The molecule has 0 aliphatic carbocycles. The van der Waals surface area contributed by atoms with Crippen LogP contribution in [0.15, 0.2) is 53.3 Å². The minimum atomic E-state index is -0.505. The van der Waals surface area contributed by atoms with E-state index in [0.29, 0.717) is 21.5 Å². The molecule has 0 atom stereocenters. The van der Waals surface area contributed by atoms with Crippen molar-refractivity contribution in [3.63, 3.8) is 0 Å². The minimum absolute atomic E-state index is 0.0590. The molecule has 104 valence electrons. The minimum Gasteiger partial charge on any atom is -0.331 e. The van der Waals surface area contributed by atoms with Gasteiger partial charge in [-0.1, -0.05) is 29.8 Å². The fraction of sp³-hybridized carbons (Fsp3) is 0. The Bertz CT molecular complexity index is 975. The van der Waals surface area contributed by atoms with Gasteiger partial charge in [0.25, 0.3) is 11.5 Å². The first-order chi connectivity index (χ1) is 10.1. The van der Waals surface area contributed by atoms with E-state index in [9.17, 15) is 9.59 Å². The first kappa shape index (κ1) is 13.7. The van der Waals surface area contributed by atoms with Crippen LogP contribution in [-0.4, -0.2) is 15.5 Å². The van der Waals surface area contributed by atoms with Crippen LogP contribution in [0.1, 0.15) is 10.4 Å². The van der Waals surface area contributed by atoms with Gasteiger partial charge in [0.05, 0.1) is 10.9 Å². The van der Waals surface area contributed by atoms with E-state index in [1.807, 2.05) is 0 Å². The molecule has 0 saturated heterocycles. The molecular weight excluding hydrogens is 308 g/mol. The Labute approximate surface area is 129 Å². The van der Waals surface area contributed by atoms with Crippen molar-refractivity contribution in [3.05, 3.63) is 74.2 Å². The van der Waals surface area contributed by atoms with Crippen molar-refractivity contribution in [1.82, 2.24) is 9.55 Å². The molecule has 3 rings (SSSR count). The van der Waals surface area contributed by atoms with E-state index in [2.05, 4.69) is 4.98 Å². The number of nitrogens with one attached hydrogen (secondary N) is 1. The average Bonchev–Trinajstić information content (AvgIpc) is 2.47. The fourth-order valence-corrected chi connectivity index (χ4v) is 2.56. The Morgan fingerprint density at radius 3 is 2.67 bits per heavy atom. The number of carbonyl (C=O) groups excluding carboxylic acids is 1. The van der Waals surface area contributed by atoms with Crippen molar-refractivity contribution in [3.8, 4) is 0 Å². The van der Waals surface area contributed by atoms with E-state index in [4.69, 9.17) is 23.8 Å². The highest BCUT2D eigenvalue weighted by atomic mass is 35.5. The molecule has 0 spiro atoms. The first-order valence-corrected chi connectivity index (χ1v) is 6.91. The normalized spacial score (nSPS) is 10.7. The van der Waals surface area contributed by atoms with Crippen molar-refractivity contribution >= 4 is 40.6 Å². The molecule has 3 aromatic rings. The molecule has 0 aliphatic rings. The lowest BCUT2D eigenvalue weighted by molar-refractivity contribution is 0.0953. The van der Waals surface area contributed by atoms with Crippen molar-refractivity contribution in [2.24, 2.45) is 0 Å². The molecule has 1 heterocycles. The summed E-state index contributed by atoms with van der Waals surface area (Å²) in [5.41, 5.74) is 0.460. The number of para-hydroxylation sites is 1. The van der Waals surface area contributed by atoms with Crippen molar-refractivity contribution in [2.75, 3.05) is 0 Å². The average molecular weight is 317 g/mol. The van der Waals surface area contributed by atoms with Crippen LogP contribution >= 0.6 is 23.8 Å².